The molecular weight excluding hydrogens is 285 g/mol. The minimum absolute atomic E-state index is 0.0638. The predicted octanol–water partition coefficient (Wildman–Crippen LogP) is 3.90. The van der Waals surface area contributed by atoms with E-state index in [-0.39, 0.29) is 17.5 Å². The molecule has 1 rings (SSSR count). The van der Waals surface area contributed by atoms with Crippen molar-refractivity contribution in [2.45, 2.75) is 39.2 Å². The number of carbonyl (C=O) groups excluding carboxylic acids is 1. The summed E-state index contributed by atoms with van der Waals surface area (Å²) >= 11 is 3.19. The van der Waals surface area contributed by atoms with Gasteiger partial charge in [0.25, 0.3) is 5.91 Å². The second kappa shape index (κ2) is 6.74. The van der Waals surface area contributed by atoms with Gasteiger partial charge >= 0.3 is 0 Å². The average molecular weight is 302 g/mol. The number of hydrogen-bond donors (Lipinski definition) is 1. The quantitative estimate of drug-likeness (QED) is 0.878. The molecule has 0 saturated heterocycles. The molecule has 94 valence electrons. The van der Waals surface area contributed by atoms with Crippen molar-refractivity contribution >= 4 is 21.8 Å². The van der Waals surface area contributed by atoms with Crippen LogP contribution in [-0.2, 0) is 0 Å². The minimum Gasteiger partial charge on any atom is -0.349 e. The van der Waals surface area contributed by atoms with E-state index in [1.165, 1.54) is 6.07 Å². The molecular formula is C13H17BrFNO. The monoisotopic (exact) mass is 301 g/mol. The molecule has 1 N–H and O–H groups in total. The summed E-state index contributed by atoms with van der Waals surface area (Å²) in [6, 6.07) is 4.58. The lowest BCUT2D eigenvalue weighted by Crippen LogP contribution is -2.33. The third kappa shape index (κ3) is 4.11. The number of unbranched alkanes of at least 4 members (excludes halogenated alkanes) is 1. The summed E-state index contributed by atoms with van der Waals surface area (Å²) in [6.07, 6.45) is 3.05. The normalized spacial score (nSPS) is 12.2. The van der Waals surface area contributed by atoms with Crippen molar-refractivity contribution in [1.29, 1.82) is 0 Å². The van der Waals surface area contributed by atoms with Crippen LogP contribution in [0.3, 0.4) is 0 Å². The summed E-state index contributed by atoms with van der Waals surface area (Å²) in [7, 11) is 0. The Morgan fingerprint density at radius 2 is 2.24 bits per heavy atom. The maximum atomic E-state index is 13.5. The number of carbonyl (C=O) groups is 1. The van der Waals surface area contributed by atoms with Gasteiger partial charge in [-0.2, -0.15) is 0 Å². The van der Waals surface area contributed by atoms with Gasteiger partial charge in [0, 0.05) is 10.5 Å². The number of nitrogens with one attached hydrogen (secondary N) is 1. The Balaban J connectivity index is 2.70. The number of hydrogen-bond acceptors (Lipinski definition) is 1. The maximum Gasteiger partial charge on any atom is 0.255 e. The van der Waals surface area contributed by atoms with Crippen LogP contribution in [0.5, 0.6) is 0 Å². The first-order valence-corrected chi connectivity index (χ1v) is 6.60. The van der Waals surface area contributed by atoms with E-state index < -0.39 is 5.82 Å². The van der Waals surface area contributed by atoms with Crippen molar-refractivity contribution < 1.29 is 9.18 Å². The van der Waals surface area contributed by atoms with Crippen molar-refractivity contribution in [3.05, 3.63) is 34.1 Å². The molecule has 17 heavy (non-hydrogen) atoms. The summed E-state index contributed by atoms with van der Waals surface area (Å²) in [6.45, 7) is 4.03. The van der Waals surface area contributed by atoms with E-state index in [4.69, 9.17) is 0 Å². The third-order valence-corrected chi connectivity index (χ3v) is 3.22. The van der Waals surface area contributed by atoms with E-state index in [2.05, 4.69) is 28.2 Å². The van der Waals surface area contributed by atoms with Crippen molar-refractivity contribution in [3.8, 4) is 0 Å². The molecule has 1 amide bonds. The minimum atomic E-state index is -0.500. The van der Waals surface area contributed by atoms with Crippen LogP contribution in [0.15, 0.2) is 22.7 Å². The Bertz CT molecular complexity index is 375. The summed E-state index contributed by atoms with van der Waals surface area (Å²) in [4.78, 5) is 11.9. The van der Waals surface area contributed by atoms with Crippen LogP contribution in [0.25, 0.3) is 0 Å². The number of halogens is 2. The van der Waals surface area contributed by atoms with E-state index >= 15 is 0 Å². The maximum absolute atomic E-state index is 13.5. The molecule has 0 radical (unpaired) electrons. The average Bonchev–Trinajstić information content (AvgIpc) is 2.26. The van der Waals surface area contributed by atoms with Crippen molar-refractivity contribution in [2.75, 3.05) is 0 Å². The molecule has 0 bridgehead atoms. The van der Waals surface area contributed by atoms with Crippen molar-refractivity contribution in [2.24, 2.45) is 0 Å². The van der Waals surface area contributed by atoms with E-state index in [1.807, 2.05) is 6.92 Å². The predicted molar refractivity (Wildman–Crippen MR) is 70.6 cm³/mol. The molecule has 0 aliphatic heterocycles. The van der Waals surface area contributed by atoms with Gasteiger partial charge in [-0.1, -0.05) is 25.8 Å². The molecule has 0 saturated carbocycles. The van der Waals surface area contributed by atoms with Gasteiger partial charge in [0.1, 0.15) is 5.82 Å². The lowest BCUT2D eigenvalue weighted by Gasteiger charge is -2.14. The van der Waals surface area contributed by atoms with Crippen LogP contribution >= 0.6 is 15.9 Å². The first kappa shape index (κ1) is 14.2. The van der Waals surface area contributed by atoms with Crippen LogP contribution < -0.4 is 5.32 Å². The fourth-order valence-corrected chi connectivity index (χ4v) is 2.12. The summed E-state index contributed by atoms with van der Waals surface area (Å²) < 4.78 is 14.0. The Labute approximate surface area is 110 Å². The van der Waals surface area contributed by atoms with Crippen LogP contribution in [0.2, 0.25) is 0 Å². The SMILES string of the molecule is CCCCC(C)NC(=O)c1c(F)cccc1Br. The van der Waals surface area contributed by atoms with Gasteiger partial charge in [0.2, 0.25) is 0 Å². The Morgan fingerprint density at radius 3 is 2.82 bits per heavy atom. The smallest absolute Gasteiger partial charge is 0.255 e. The molecule has 0 heterocycles. The van der Waals surface area contributed by atoms with Gasteiger partial charge in [-0.25, -0.2) is 4.39 Å². The highest BCUT2D eigenvalue weighted by atomic mass is 79.9. The molecule has 0 aromatic heterocycles. The summed E-state index contributed by atoms with van der Waals surface area (Å²) in [5, 5.41) is 2.80. The molecule has 0 aliphatic carbocycles. The Morgan fingerprint density at radius 1 is 1.53 bits per heavy atom. The largest absolute Gasteiger partial charge is 0.349 e. The Hall–Kier alpha value is -0.900. The highest BCUT2D eigenvalue weighted by Gasteiger charge is 2.16. The zero-order chi connectivity index (χ0) is 12.8. The number of benzene rings is 1. The Kier molecular flexibility index (Phi) is 5.62. The van der Waals surface area contributed by atoms with E-state index in [1.54, 1.807) is 12.1 Å². The molecule has 0 fully saturated rings. The highest BCUT2D eigenvalue weighted by Crippen LogP contribution is 2.19. The molecule has 1 unspecified atom stereocenters. The van der Waals surface area contributed by atoms with Gasteiger partial charge in [0.05, 0.1) is 5.56 Å². The first-order chi connectivity index (χ1) is 8.06. The summed E-state index contributed by atoms with van der Waals surface area (Å²) in [5.41, 5.74) is 0.0795. The molecule has 0 aliphatic rings. The third-order valence-electron chi connectivity index (χ3n) is 2.56. The van der Waals surface area contributed by atoms with Crippen LogP contribution in [0.1, 0.15) is 43.5 Å². The standard InChI is InChI=1S/C13H17BrFNO/c1-3-4-6-9(2)16-13(17)12-10(14)7-5-8-11(12)15/h5,7-9H,3-4,6H2,1-2H3,(H,16,17). The van der Waals surface area contributed by atoms with Gasteiger partial charge in [-0.05, 0) is 41.4 Å². The van der Waals surface area contributed by atoms with E-state index in [0.717, 1.165) is 19.3 Å². The fourth-order valence-electron chi connectivity index (χ4n) is 1.59. The van der Waals surface area contributed by atoms with Crippen LogP contribution in [-0.4, -0.2) is 11.9 Å². The highest BCUT2D eigenvalue weighted by molar-refractivity contribution is 9.10. The summed E-state index contributed by atoms with van der Waals surface area (Å²) in [5.74, 6) is -0.863. The molecule has 1 atom stereocenters. The second-order valence-corrected chi connectivity index (χ2v) is 4.97. The van der Waals surface area contributed by atoms with E-state index in [0.29, 0.717) is 4.47 Å². The number of amides is 1. The van der Waals surface area contributed by atoms with Crippen molar-refractivity contribution in [1.82, 2.24) is 5.32 Å². The molecule has 0 spiro atoms. The lowest BCUT2D eigenvalue weighted by molar-refractivity contribution is 0.0933. The topological polar surface area (TPSA) is 29.1 Å². The van der Waals surface area contributed by atoms with Crippen molar-refractivity contribution in [3.63, 3.8) is 0 Å². The fraction of sp³-hybridized carbons (Fsp3) is 0.462. The van der Waals surface area contributed by atoms with Gasteiger partial charge in [-0.3, -0.25) is 4.79 Å². The number of rotatable bonds is 5. The molecule has 1 aromatic rings. The van der Waals surface area contributed by atoms with E-state index in [9.17, 15) is 9.18 Å². The van der Waals surface area contributed by atoms with Gasteiger partial charge < -0.3 is 5.32 Å². The lowest BCUT2D eigenvalue weighted by atomic mass is 10.1. The van der Waals surface area contributed by atoms with Crippen LogP contribution in [0.4, 0.5) is 4.39 Å². The van der Waals surface area contributed by atoms with Gasteiger partial charge in [-0.15, -0.1) is 0 Å². The molecule has 1 aromatic carbocycles. The van der Waals surface area contributed by atoms with Crippen LogP contribution in [0, 0.1) is 5.82 Å². The van der Waals surface area contributed by atoms with Gasteiger partial charge in [0.15, 0.2) is 0 Å². The zero-order valence-electron chi connectivity index (χ0n) is 10.1. The second-order valence-electron chi connectivity index (χ2n) is 4.11. The zero-order valence-corrected chi connectivity index (χ0v) is 11.7. The molecule has 4 heteroatoms. The first-order valence-electron chi connectivity index (χ1n) is 5.81. The molecule has 2 nitrogen and oxygen atoms in total.